The lowest BCUT2D eigenvalue weighted by molar-refractivity contribution is 0.262. The van der Waals surface area contributed by atoms with Crippen molar-refractivity contribution in [2.75, 3.05) is 17.7 Å². The number of anilines is 2. The van der Waals surface area contributed by atoms with Crippen LogP contribution in [0.15, 0.2) is 42.5 Å². The molecule has 2 amide bonds. The first-order valence-electron chi connectivity index (χ1n) is 6.07. The highest BCUT2D eigenvalue weighted by Crippen LogP contribution is 2.26. The van der Waals surface area contributed by atoms with Crippen molar-refractivity contribution < 1.29 is 9.53 Å². The molecule has 0 bridgehead atoms. The van der Waals surface area contributed by atoms with Crippen LogP contribution in [-0.2, 0) is 0 Å². The lowest BCUT2D eigenvalue weighted by Crippen LogP contribution is -2.20. The van der Waals surface area contributed by atoms with Gasteiger partial charge in [-0.1, -0.05) is 29.8 Å². The fourth-order valence-electron chi connectivity index (χ4n) is 1.76. The number of hydrogen-bond acceptors (Lipinski definition) is 2. The molecule has 0 aliphatic rings. The number of hydrogen-bond donors (Lipinski definition) is 2. The number of carbonyl (C=O) groups excluding carboxylic acids is 1. The summed E-state index contributed by atoms with van der Waals surface area (Å²) in [6.07, 6.45) is 0. The van der Waals surface area contributed by atoms with Crippen LogP contribution in [0.2, 0.25) is 5.02 Å². The first-order valence-corrected chi connectivity index (χ1v) is 6.45. The molecule has 0 saturated heterocycles. The molecule has 0 aromatic heterocycles. The Kier molecular flexibility index (Phi) is 4.48. The zero-order valence-corrected chi connectivity index (χ0v) is 12.0. The predicted octanol–water partition coefficient (Wildman–Crippen LogP) is 4.30. The van der Waals surface area contributed by atoms with Gasteiger partial charge in [0.1, 0.15) is 5.75 Å². The topological polar surface area (TPSA) is 50.4 Å². The molecule has 2 aromatic carbocycles. The zero-order chi connectivity index (χ0) is 14.5. The molecule has 0 spiro atoms. The van der Waals surface area contributed by atoms with Gasteiger partial charge in [-0.3, -0.25) is 0 Å². The van der Waals surface area contributed by atoms with E-state index in [0.29, 0.717) is 22.1 Å². The molecule has 0 unspecified atom stereocenters. The van der Waals surface area contributed by atoms with Gasteiger partial charge in [0.05, 0.1) is 23.5 Å². The van der Waals surface area contributed by atoms with Gasteiger partial charge in [-0.15, -0.1) is 0 Å². The van der Waals surface area contributed by atoms with Gasteiger partial charge in [0.15, 0.2) is 0 Å². The lowest BCUT2D eigenvalue weighted by Gasteiger charge is -2.12. The van der Waals surface area contributed by atoms with E-state index in [1.165, 1.54) is 0 Å². The Hall–Kier alpha value is -2.20. The molecule has 2 rings (SSSR count). The number of amides is 2. The van der Waals surface area contributed by atoms with Crippen molar-refractivity contribution in [1.29, 1.82) is 0 Å². The van der Waals surface area contributed by atoms with Crippen LogP contribution in [0.1, 0.15) is 5.56 Å². The minimum Gasteiger partial charge on any atom is -0.495 e. The summed E-state index contributed by atoms with van der Waals surface area (Å²) in [5.74, 6) is 0.602. The molecule has 0 atom stereocenters. The number of ether oxygens (including phenoxy) is 1. The Morgan fingerprint density at radius 2 is 1.80 bits per heavy atom. The summed E-state index contributed by atoms with van der Waals surface area (Å²) in [7, 11) is 1.56. The number of methoxy groups -OCH3 is 1. The second-order valence-electron chi connectivity index (χ2n) is 4.26. The Bertz CT molecular complexity index is 629. The van der Waals surface area contributed by atoms with Crippen LogP contribution in [0.3, 0.4) is 0 Å². The molecule has 2 aromatic rings. The van der Waals surface area contributed by atoms with Gasteiger partial charge in [0.2, 0.25) is 0 Å². The fourth-order valence-corrected chi connectivity index (χ4v) is 1.94. The quantitative estimate of drug-likeness (QED) is 0.885. The summed E-state index contributed by atoms with van der Waals surface area (Å²) in [6.45, 7) is 1.94. The van der Waals surface area contributed by atoms with Crippen LogP contribution < -0.4 is 15.4 Å². The number of carbonyl (C=O) groups is 1. The Labute approximate surface area is 122 Å². The Balaban J connectivity index is 2.12. The molecule has 0 saturated carbocycles. The lowest BCUT2D eigenvalue weighted by atomic mass is 10.2. The molecular formula is C15H15ClN2O2. The van der Waals surface area contributed by atoms with Crippen LogP contribution in [-0.4, -0.2) is 13.1 Å². The van der Waals surface area contributed by atoms with E-state index in [-0.39, 0.29) is 6.03 Å². The largest absolute Gasteiger partial charge is 0.495 e. The van der Waals surface area contributed by atoms with Crippen LogP contribution in [0, 0.1) is 6.92 Å². The van der Waals surface area contributed by atoms with Gasteiger partial charge in [-0.05, 0) is 36.8 Å². The summed E-state index contributed by atoms with van der Waals surface area (Å²) in [6, 6.07) is 12.2. The van der Waals surface area contributed by atoms with E-state index in [9.17, 15) is 4.79 Å². The molecule has 0 fully saturated rings. The van der Waals surface area contributed by atoms with Crippen LogP contribution >= 0.6 is 11.6 Å². The Morgan fingerprint density at radius 3 is 2.50 bits per heavy atom. The molecule has 0 aliphatic heterocycles. The summed E-state index contributed by atoms with van der Waals surface area (Å²) < 4.78 is 5.21. The molecule has 2 N–H and O–H groups in total. The van der Waals surface area contributed by atoms with Gasteiger partial charge in [-0.2, -0.15) is 0 Å². The maximum atomic E-state index is 12.0. The minimum atomic E-state index is -0.373. The smallest absolute Gasteiger partial charge is 0.323 e. The highest BCUT2D eigenvalue weighted by Gasteiger charge is 2.09. The highest BCUT2D eigenvalue weighted by atomic mass is 35.5. The Morgan fingerprint density at radius 1 is 1.10 bits per heavy atom. The number of nitrogens with one attached hydrogen (secondary N) is 2. The normalized spacial score (nSPS) is 9.95. The van der Waals surface area contributed by atoms with E-state index >= 15 is 0 Å². The summed E-state index contributed by atoms with van der Waals surface area (Å²) >= 11 is 5.99. The van der Waals surface area contributed by atoms with Crippen molar-refractivity contribution >= 4 is 29.0 Å². The fraction of sp³-hybridized carbons (Fsp3) is 0.133. The van der Waals surface area contributed by atoms with E-state index < -0.39 is 0 Å². The maximum Gasteiger partial charge on any atom is 0.323 e. The van der Waals surface area contributed by atoms with Crippen molar-refractivity contribution in [2.24, 2.45) is 0 Å². The average molecular weight is 291 g/mol. The van der Waals surface area contributed by atoms with E-state index in [0.717, 1.165) is 5.56 Å². The molecule has 20 heavy (non-hydrogen) atoms. The predicted molar refractivity (Wildman–Crippen MR) is 81.8 cm³/mol. The summed E-state index contributed by atoms with van der Waals surface area (Å²) in [5, 5.41) is 5.92. The molecule has 5 heteroatoms. The zero-order valence-electron chi connectivity index (χ0n) is 11.2. The van der Waals surface area contributed by atoms with Crippen molar-refractivity contribution in [1.82, 2.24) is 0 Å². The first-order chi connectivity index (χ1) is 9.60. The second-order valence-corrected chi connectivity index (χ2v) is 4.67. The number of aryl methyl sites for hydroxylation is 1. The van der Waals surface area contributed by atoms with Crippen molar-refractivity contribution in [3.05, 3.63) is 53.1 Å². The number of urea groups is 1. The SMILES string of the molecule is COc1ccc(C)cc1NC(=O)Nc1ccccc1Cl. The van der Waals surface area contributed by atoms with Gasteiger partial charge in [0.25, 0.3) is 0 Å². The van der Waals surface area contributed by atoms with Crippen molar-refractivity contribution in [3.63, 3.8) is 0 Å². The van der Waals surface area contributed by atoms with Crippen LogP contribution in [0.4, 0.5) is 16.2 Å². The number of para-hydroxylation sites is 1. The molecule has 0 radical (unpaired) electrons. The van der Waals surface area contributed by atoms with Crippen molar-refractivity contribution in [2.45, 2.75) is 6.92 Å². The number of benzene rings is 2. The third-order valence-electron chi connectivity index (χ3n) is 2.73. The summed E-state index contributed by atoms with van der Waals surface area (Å²) in [4.78, 5) is 12.0. The van der Waals surface area contributed by atoms with Gasteiger partial charge in [-0.25, -0.2) is 4.79 Å². The average Bonchev–Trinajstić information content (AvgIpc) is 2.41. The monoisotopic (exact) mass is 290 g/mol. The molecular weight excluding hydrogens is 276 g/mol. The maximum absolute atomic E-state index is 12.0. The van der Waals surface area contributed by atoms with Gasteiger partial charge in [0, 0.05) is 0 Å². The van der Waals surface area contributed by atoms with Crippen LogP contribution in [0.5, 0.6) is 5.75 Å². The molecule has 104 valence electrons. The van der Waals surface area contributed by atoms with E-state index in [2.05, 4.69) is 10.6 Å². The third-order valence-corrected chi connectivity index (χ3v) is 3.05. The van der Waals surface area contributed by atoms with Crippen molar-refractivity contribution in [3.8, 4) is 5.75 Å². The molecule has 4 nitrogen and oxygen atoms in total. The first kappa shape index (κ1) is 14.2. The summed E-state index contributed by atoms with van der Waals surface area (Å²) in [5.41, 5.74) is 2.19. The van der Waals surface area contributed by atoms with Gasteiger partial charge < -0.3 is 15.4 Å². The number of halogens is 1. The van der Waals surface area contributed by atoms with E-state index in [1.54, 1.807) is 37.4 Å². The van der Waals surface area contributed by atoms with Crippen LogP contribution in [0.25, 0.3) is 0 Å². The second kappa shape index (κ2) is 6.30. The number of rotatable bonds is 3. The minimum absolute atomic E-state index is 0.373. The van der Waals surface area contributed by atoms with E-state index in [1.807, 2.05) is 19.1 Å². The third kappa shape index (κ3) is 3.42. The molecule has 0 aliphatic carbocycles. The highest BCUT2D eigenvalue weighted by molar-refractivity contribution is 6.33. The standard InChI is InChI=1S/C15H15ClN2O2/c1-10-7-8-14(20-2)13(9-10)18-15(19)17-12-6-4-3-5-11(12)16/h3-9H,1-2H3,(H2,17,18,19). The van der Waals surface area contributed by atoms with Gasteiger partial charge >= 0.3 is 6.03 Å². The molecule has 0 heterocycles. The van der Waals surface area contributed by atoms with E-state index in [4.69, 9.17) is 16.3 Å².